The van der Waals surface area contributed by atoms with Gasteiger partial charge in [-0.2, -0.15) is 10.4 Å². The Morgan fingerprint density at radius 3 is 2.45 bits per heavy atom. The first-order valence-electron chi connectivity index (χ1n) is 9.84. The zero-order chi connectivity index (χ0) is 24.2. The molecular weight excluding hydrogens is 442 g/mol. The predicted octanol–water partition coefficient (Wildman–Crippen LogP) is 2.75. The number of aromatic nitrogens is 2. The third-order valence-electron chi connectivity index (χ3n) is 4.84. The van der Waals surface area contributed by atoms with Crippen molar-refractivity contribution in [3.8, 4) is 11.8 Å². The largest absolute Gasteiger partial charge is 0.496 e. The number of nitrogens with zero attached hydrogens (tertiary/aromatic N) is 3. The molecule has 0 fully saturated rings. The molecule has 0 aliphatic carbocycles. The molecule has 0 saturated heterocycles. The molecule has 0 saturated carbocycles. The van der Waals surface area contributed by atoms with E-state index < -0.39 is 15.9 Å². The number of rotatable bonds is 7. The van der Waals surface area contributed by atoms with Gasteiger partial charge in [0, 0.05) is 16.9 Å². The molecule has 0 radical (unpaired) electrons. The molecule has 2 aromatic carbocycles. The number of carbonyl (C=O) groups excluding carboxylic acids is 1. The molecule has 3 N–H and O–H groups in total. The van der Waals surface area contributed by atoms with E-state index in [1.165, 1.54) is 30.3 Å². The number of benzene rings is 2. The van der Waals surface area contributed by atoms with Gasteiger partial charge < -0.3 is 10.1 Å². The Balaban J connectivity index is 1.84. The Bertz CT molecular complexity index is 1370. The summed E-state index contributed by atoms with van der Waals surface area (Å²) < 4.78 is 30.0. The van der Waals surface area contributed by atoms with E-state index >= 15 is 0 Å². The van der Waals surface area contributed by atoms with E-state index in [1.54, 1.807) is 19.2 Å². The topological polar surface area (TPSA) is 140 Å². The number of amides is 1. The van der Waals surface area contributed by atoms with Crippen LogP contribution in [0.2, 0.25) is 0 Å². The highest BCUT2D eigenvalue weighted by Gasteiger charge is 2.13. The van der Waals surface area contributed by atoms with Gasteiger partial charge in [0.25, 0.3) is 5.91 Å². The van der Waals surface area contributed by atoms with E-state index in [0.29, 0.717) is 23.5 Å². The first-order chi connectivity index (χ1) is 15.6. The van der Waals surface area contributed by atoms with Crippen LogP contribution in [-0.4, -0.2) is 31.2 Å². The van der Waals surface area contributed by atoms with E-state index in [1.807, 2.05) is 36.7 Å². The molecule has 0 spiro atoms. The minimum atomic E-state index is -3.84. The lowest BCUT2D eigenvalue weighted by Crippen LogP contribution is -2.14. The third-order valence-corrected chi connectivity index (χ3v) is 5.77. The Hall–Kier alpha value is -3.94. The fraction of sp³-hybridized carbons (Fsp3) is 0.174. The van der Waals surface area contributed by atoms with Crippen LogP contribution in [0.1, 0.15) is 22.5 Å². The summed E-state index contributed by atoms with van der Waals surface area (Å²) in [6, 6.07) is 14.6. The number of hydrogen-bond donors (Lipinski definition) is 2. The van der Waals surface area contributed by atoms with Gasteiger partial charge in [-0.3, -0.25) is 9.48 Å². The number of sulfonamides is 1. The van der Waals surface area contributed by atoms with Crippen molar-refractivity contribution in [2.75, 3.05) is 12.4 Å². The fourth-order valence-electron chi connectivity index (χ4n) is 3.25. The number of primary sulfonamides is 1. The van der Waals surface area contributed by atoms with Gasteiger partial charge in [0.1, 0.15) is 17.4 Å². The minimum Gasteiger partial charge on any atom is -0.496 e. The van der Waals surface area contributed by atoms with Gasteiger partial charge in [-0.15, -0.1) is 0 Å². The molecule has 1 heterocycles. The quantitative estimate of drug-likeness (QED) is 0.406. The number of nitriles is 1. The number of nitrogens with two attached hydrogens (primary N) is 1. The number of hydrogen-bond acceptors (Lipinski definition) is 6. The molecule has 1 aromatic heterocycles. The number of nitrogens with one attached hydrogen (secondary N) is 1. The summed E-state index contributed by atoms with van der Waals surface area (Å²) in [6.45, 7) is 4.35. The summed E-state index contributed by atoms with van der Waals surface area (Å²) in [5.41, 5.74) is 3.60. The highest BCUT2D eigenvalue weighted by molar-refractivity contribution is 7.89. The first kappa shape index (κ1) is 23.7. The Morgan fingerprint density at radius 1 is 1.21 bits per heavy atom. The molecule has 0 atom stereocenters. The lowest BCUT2D eigenvalue weighted by atomic mass is 10.1. The molecule has 0 bridgehead atoms. The van der Waals surface area contributed by atoms with Gasteiger partial charge in [0.15, 0.2) is 0 Å². The Labute approximate surface area is 192 Å². The van der Waals surface area contributed by atoms with Gasteiger partial charge in [-0.25, -0.2) is 13.6 Å². The Kier molecular flexibility index (Phi) is 6.96. The Morgan fingerprint density at radius 2 is 1.91 bits per heavy atom. The molecule has 0 unspecified atom stereocenters. The second-order valence-corrected chi connectivity index (χ2v) is 8.91. The molecule has 3 aromatic rings. The van der Waals surface area contributed by atoms with E-state index in [4.69, 9.17) is 9.88 Å². The molecular formula is C23H23N5O4S. The zero-order valence-corrected chi connectivity index (χ0v) is 19.2. The van der Waals surface area contributed by atoms with Crippen molar-refractivity contribution in [3.63, 3.8) is 0 Å². The van der Waals surface area contributed by atoms with Gasteiger partial charge in [0.05, 0.1) is 24.2 Å². The molecule has 9 nitrogen and oxygen atoms in total. The fourth-order valence-corrected chi connectivity index (χ4v) is 3.77. The van der Waals surface area contributed by atoms with Crippen molar-refractivity contribution in [2.24, 2.45) is 5.14 Å². The number of anilines is 1. The van der Waals surface area contributed by atoms with Gasteiger partial charge in [0.2, 0.25) is 10.0 Å². The SMILES string of the molecule is COc1ccc(/C=C(\C#N)C(=O)Nc2ccc(S(N)(=O)=O)cc2)cc1Cn1nc(C)cc1C. The van der Waals surface area contributed by atoms with Gasteiger partial charge in [-0.05, 0) is 68.0 Å². The van der Waals surface area contributed by atoms with Crippen LogP contribution >= 0.6 is 0 Å². The molecule has 0 aliphatic heterocycles. The van der Waals surface area contributed by atoms with Crippen LogP contribution in [0.15, 0.2) is 59.0 Å². The number of methoxy groups -OCH3 is 1. The van der Waals surface area contributed by atoms with Crippen molar-refractivity contribution in [1.82, 2.24) is 9.78 Å². The van der Waals surface area contributed by atoms with Gasteiger partial charge in [-0.1, -0.05) is 6.07 Å². The summed E-state index contributed by atoms with van der Waals surface area (Å²) in [5, 5.41) is 21.6. The summed E-state index contributed by atoms with van der Waals surface area (Å²) in [6.07, 6.45) is 1.47. The molecule has 170 valence electrons. The van der Waals surface area contributed by atoms with Crippen LogP contribution in [0.5, 0.6) is 5.75 Å². The highest BCUT2D eigenvalue weighted by atomic mass is 32.2. The van der Waals surface area contributed by atoms with Crippen molar-refractivity contribution >= 4 is 27.7 Å². The van der Waals surface area contributed by atoms with E-state index in [0.717, 1.165) is 17.0 Å². The van der Waals surface area contributed by atoms with Gasteiger partial charge >= 0.3 is 0 Å². The molecule has 1 amide bonds. The number of aryl methyl sites for hydroxylation is 2. The average Bonchev–Trinajstić information content (AvgIpc) is 3.08. The second kappa shape index (κ2) is 9.68. The van der Waals surface area contributed by atoms with Crippen LogP contribution in [0, 0.1) is 25.2 Å². The monoisotopic (exact) mass is 465 g/mol. The molecule has 3 rings (SSSR count). The maximum atomic E-state index is 12.6. The lowest BCUT2D eigenvalue weighted by molar-refractivity contribution is -0.112. The number of carbonyl (C=O) groups is 1. The number of ether oxygens (including phenoxy) is 1. The highest BCUT2D eigenvalue weighted by Crippen LogP contribution is 2.23. The van der Waals surface area contributed by atoms with Crippen LogP contribution in [0.4, 0.5) is 5.69 Å². The lowest BCUT2D eigenvalue weighted by Gasteiger charge is -2.11. The molecule has 10 heteroatoms. The maximum Gasteiger partial charge on any atom is 0.266 e. The van der Waals surface area contributed by atoms with E-state index in [9.17, 15) is 18.5 Å². The summed E-state index contributed by atoms with van der Waals surface area (Å²) in [4.78, 5) is 12.5. The van der Waals surface area contributed by atoms with Crippen LogP contribution in [-0.2, 0) is 21.4 Å². The second-order valence-electron chi connectivity index (χ2n) is 7.35. The van der Waals surface area contributed by atoms with Crippen molar-refractivity contribution < 1.29 is 17.9 Å². The average molecular weight is 466 g/mol. The standard InChI is InChI=1S/C23H23N5O4S/c1-15-10-16(2)28(27-15)14-19-12-17(4-9-22(19)32-3)11-18(13-24)23(29)26-20-5-7-21(8-6-20)33(25,30)31/h4-12H,14H2,1-3H3,(H,26,29)(H2,25,30,31)/b18-11+. The minimum absolute atomic E-state index is 0.0788. The molecule has 0 aliphatic rings. The smallest absolute Gasteiger partial charge is 0.266 e. The predicted molar refractivity (Wildman–Crippen MR) is 124 cm³/mol. The van der Waals surface area contributed by atoms with Crippen LogP contribution < -0.4 is 15.2 Å². The zero-order valence-electron chi connectivity index (χ0n) is 18.4. The van der Waals surface area contributed by atoms with Crippen LogP contribution in [0.3, 0.4) is 0 Å². The first-order valence-corrected chi connectivity index (χ1v) is 11.4. The third kappa shape index (κ3) is 5.85. The van der Waals surface area contributed by atoms with E-state index in [-0.39, 0.29) is 10.5 Å². The maximum absolute atomic E-state index is 12.6. The van der Waals surface area contributed by atoms with Crippen molar-refractivity contribution in [2.45, 2.75) is 25.3 Å². The summed E-state index contributed by atoms with van der Waals surface area (Å²) in [7, 11) is -2.26. The normalized spacial score (nSPS) is 11.7. The van der Waals surface area contributed by atoms with Crippen molar-refractivity contribution in [3.05, 3.63) is 76.6 Å². The molecule has 33 heavy (non-hydrogen) atoms. The van der Waals surface area contributed by atoms with E-state index in [2.05, 4.69) is 10.4 Å². The summed E-state index contributed by atoms with van der Waals surface area (Å²) >= 11 is 0. The van der Waals surface area contributed by atoms with Crippen molar-refractivity contribution in [1.29, 1.82) is 5.26 Å². The summed E-state index contributed by atoms with van der Waals surface area (Å²) in [5.74, 6) is 0.0365. The van der Waals surface area contributed by atoms with Crippen LogP contribution in [0.25, 0.3) is 6.08 Å².